The van der Waals surface area contributed by atoms with Crippen LogP contribution in [0.4, 0.5) is 5.69 Å². The lowest BCUT2D eigenvalue weighted by Crippen LogP contribution is -2.34. The molecule has 0 bridgehead atoms. The van der Waals surface area contributed by atoms with Crippen molar-refractivity contribution >= 4 is 32.5 Å². The molecule has 7 heteroatoms. The summed E-state index contributed by atoms with van der Waals surface area (Å²) in [6.07, 6.45) is 5.33. The van der Waals surface area contributed by atoms with Crippen molar-refractivity contribution in [2.24, 2.45) is 11.3 Å². The van der Waals surface area contributed by atoms with Gasteiger partial charge in [0.15, 0.2) is 0 Å². The maximum absolute atomic E-state index is 12.5. The third-order valence-electron chi connectivity index (χ3n) is 5.74. The van der Waals surface area contributed by atoms with Gasteiger partial charge in [0.2, 0.25) is 15.9 Å². The lowest BCUT2D eigenvalue weighted by atomic mass is 10.2. The van der Waals surface area contributed by atoms with Gasteiger partial charge in [-0.05, 0) is 62.8 Å². The van der Waals surface area contributed by atoms with Crippen molar-refractivity contribution in [3.8, 4) is 0 Å². The third kappa shape index (κ3) is 2.53. The molecule has 3 aliphatic rings. The number of sulfonamides is 1. The van der Waals surface area contributed by atoms with Crippen molar-refractivity contribution in [2.45, 2.75) is 43.0 Å². The third-order valence-corrected chi connectivity index (χ3v) is 7.37. The minimum atomic E-state index is -3.55. The van der Waals surface area contributed by atoms with E-state index >= 15 is 0 Å². The Morgan fingerprint density at radius 1 is 1.24 bits per heavy atom. The van der Waals surface area contributed by atoms with Gasteiger partial charge in [-0.1, -0.05) is 0 Å². The van der Waals surface area contributed by atoms with Crippen LogP contribution in [0.2, 0.25) is 0 Å². The van der Waals surface area contributed by atoms with Crippen molar-refractivity contribution in [1.29, 1.82) is 0 Å². The summed E-state index contributed by atoms with van der Waals surface area (Å²) in [7, 11) is -3.55. The van der Waals surface area contributed by atoms with E-state index in [4.69, 9.17) is 0 Å². The first kappa shape index (κ1) is 15.3. The molecule has 25 heavy (non-hydrogen) atoms. The van der Waals surface area contributed by atoms with Crippen LogP contribution in [0, 0.1) is 11.3 Å². The lowest BCUT2D eigenvalue weighted by Gasteiger charge is -2.13. The number of hydrogen-bond donors (Lipinski definition) is 2. The van der Waals surface area contributed by atoms with E-state index in [1.165, 1.54) is 0 Å². The second-order valence-electron chi connectivity index (χ2n) is 7.96. The van der Waals surface area contributed by atoms with E-state index in [0.717, 1.165) is 25.7 Å². The van der Waals surface area contributed by atoms with Crippen LogP contribution in [0.15, 0.2) is 35.4 Å². The first-order valence-corrected chi connectivity index (χ1v) is 10.0. The summed E-state index contributed by atoms with van der Waals surface area (Å²) in [5.74, 6) is 0.637. The topological polar surface area (TPSA) is 88.2 Å². The molecule has 0 saturated heterocycles. The van der Waals surface area contributed by atoms with Crippen LogP contribution in [0.1, 0.15) is 32.6 Å². The maximum Gasteiger partial charge on any atom is 0.241 e. The second-order valence-corrected chi connectivity index (χ2v) is 9.64. The minimum absolute atomic E-state index is 0.0609. The highest BCUT2D eigenvalue weighted by Crippen LogP contribution is 2.75. The number of hydrogen-bond acceptors (Lipinski definition) is 4. The highest BCUT2D eigenvalue weighted by Gasteiger charge is 2.74. The number of benzene rings is 1. The van der Waals surface area contributed by atoms with Gasteiger partial charge in [-0.2, -0.15) is 0 Å². The molecule has 1 aromatic heterocycles. The largest absolute Gasteiger partial charge is 0.324 e. The number of amides is 1. The summed E-state index contributed by atoms with van der Waals surface area (Å²) < 4.78 is 27.8. The van der Waals surface area contributed by atoms with E-state index in [2.05, 4.69) is 15.0 Å². The summed E-state index contributed by atoms with van der Waals surface area (Å²) in [6, 6.07) is 6.66. The number of rotatable bonds is 5. The van der Waals surface area contributed by atoms with Gasteiger partial charge in [-0.25, -0.2) is 13.1 Å². The summed E-state index contributed by atoms with van der Waals surface area (Å²) in [6.45, 7) is 1.91. The van der Waals surface area contributed by atoms with E-state index in [0.29, 0.717) is 22.5 Å². The Morgan fingerprint density at radius 2 is 1.96 bits per heavy atom. The molecule has 1 heterocycles. The molecule has 1 amide bonds. The molecular formula is C18H19N3O3S. The predicted molar refractivity (Wildman–Crippen MR) is 93.5 cm³/mol. The molecule has 3 fully saturated rings. The molecule has 0 unspecified atom stereocenters. The van der Waals surface area contributed by atoms with E-state index in [-0.39, 0.29) is 21.8 Å². The molecule has 2 N–H and O–H groups in total. The van der Waals surface area contributed by atoms with E-state index < -0.39 is 10.0 Å². The van der Waals surface area contributed by atoms with Gasteiger partial charge in [0.05, 0.1) is 27.7 Å². The Bertz CT molecular complexity index is 1020. The normalized spacial score (nSPS) is 28.3. The van der Waals surface area contributed by atoms with Crippen LogP contribution in [0.5, 0.6) is 0 Å². The molecule has 0 atom stereocenters. The van der Waals surface area contributed by atoms with Crippen LogP contribution in [-0.2, 0) is 14.8 Å². The Hall–Kier alpha value is -1.99. The summed E-state index contributed by atoms with van der Waals surface area (Å²) in [5, 5.41) is 3.61. The number of aromatic nitrogens is 1. The van der Waals surface area contributed by atoms with Gasteiger partial charge < -0.3 is 5.32 Å². The van der Waals surface area contributed by atoms with E-state index in [9.17, 15) is 13.2 Å². The van der Waals surface area contributed by atoms with Gasteiger partial charge in [0.1, 0.15) is 0 Å². The zero-order valence-corrected chi connectivity index (χ0v) is 14.7. The van der Waals surface area contributed by atoms with Gasteiger partial charge >= 0.3 is 0 Å². The number of nitrogens with one attached hydrogen (secondary N) is 2. The standard InChI is InChI=1S/C18H19N3O3S/c1-17(4-5-17)21-25(23,24)14-2-3-15-11(7-14)6-13(10-19-15)20-16(22)18-8-12(18)9-18/h2-3,6-7,10,12,21H,4-5,8-9H2,1H3,(H,20,22). The van der Waals surface area contributed by atoms with Crippen LogP contribution in [-0.4, -0.2) is 24.8 Å². The predicted octanol–water partition coefficient (Wildman–Crippen LogP) is 2.41. The van der Waals surface area contributed by atoms with Crippen molar-refractivity contribution in [3.63, 3.8) is 0 Å². The van der Waals surface area contributed by atoms with Crippen LogP contribution in [0.3, 0.4) is 0 Å². The van der Waals surface area contributed by atoms with Gasteiger partial charge in [0, 0.05) is 10.9 Å². The molecule has 2 aromatic rings. The number of carbonyl (C=O) groups is 1. The van der Waals surface area contributed by atoms with Gasteiger partial charge in [-0.3, -0.25) is 9.78 Å². The quantitative estimate of drug-likeness (QED) is 0.860. The molecule has 3 aliphatic carbocycles. The Balaban J connectivity index is 1.44. The Kier molecular flexibility index (Phi) is 2.81. The van der Waals surface area contributed by atoms with Crippen LogP contribution < -0.4 is 10.0 Å². The van der Waals surface area contributed by atoms with Crippen molar-refractivity contribution in [3.05, 3.63) is 30.5 Å². The number of fused-ring (bicyclic) bond motifs is 2. The fourth-order valence-electron chi connectivity index (χ4n) is 3.35. The SMILES string of the molecule is CC1(NS(=O)(=O)c2ccc3ncc(NC(=O)C45CC4C5)cc3c2)CC1. The van der Waals surface area contributed by atoms with Crippen LogP contribution >= 0.6 is 0 Å². The highest BCUT2D eigenvalue weighted by molar-refractivity contribution is 7.89. The Morgan fingerprint density at radius 3 is 2.60 bits per heavy atom. The fraction of sp³-hybridized carbons (Fsp3) is 0.444. The number of pyridine rings is 1. The smallest absolute Gasteiger partial charge is 0.241 e. The van der Waals surface area contributed by atoms with E-state index in [1.54, 1.807) is 30.5 Å². The molecule has 3 saturated carbocycles. The fourth-order valence-corrected chi connectivity index (χ4v) is 4.85. The lowest BCUT2D eigenvalue weighted by molar-refractivity contribution is -0.119. The Labute approximate surface area is 146 Å². The van der Waals surface area contributed by atoms with Crippen molar-refractivity contribution < 1.29 is 13.2 Å². The summed E-state index contributed by atoms with van der Waals surface area (Å²) in [4.78, 5) is 16.8. The molecule has 6 nitrogen and oxygen atoms in total. The molecule has 0 spiro atoms. The second kappa shape index (κ2) is 4.59. The number of anilines is 1. The monoisotopic (exact) mass is 357 g/mol. The maximum atomic E-state index is 12.5. The first-order chi connectivity index (χ1) is 11.8. The van der Waals surface area contributed by atoms with E-state index in [1.807, 2.05) is 6.92 Å². The molecule has 130 valence electrons. The van der Waals surface area contributed by atoms with Crippen molar-refractivity contribution in [1.82, 2.24) is 9.71 Å². The molecule has 5 rings (SSSR count). The number of carbonyl (C=O) groups excluding carboxylic acids is 1. The summed E-state index contributed by atoms with van der Waals surface area (Å²) >= 11 is 0. The molecule has 1 aromatic carbocycles. The minimum Gasteiger partial charge on any atom is -0.324 e. The average Bonchev–Trinajstić information content (AvgIpc) is 3.42. The number of nitrogens with zero attached hydrogens (tertiary/aromatic N) is 1. The van der Waals surface area contributed by atoms with Crippen LogP contribution in [0.25, 0.3) is 10.9 Å². The average molecular weight is 357 g/mol. The summed E-state index contributed by atoms with van der Waals surface area (Å²) in [5.41, 5.74) is 0.889. The molecule has 0 radical (unpaired) electrons. The molecule has 0 aliphatic heterocycles. The molecular weight excluding hydrogens is 338 g/mol. The zero-order valence-electron chi connectivity index (χ0n) is 13.9. The van der Waals surface area contributed by atoms with Gasteiger partial charge in [0.25, 0.3) is 0 Å². The van der Waals surface area contributed by atoms with Crippen molar-refractivity contribution in [2.75, 3.05) is 5.32 Å². The first-order valence-electron chi connectivity index (χ1n) is 8.55. The highest BCUT2D eigenvalue weighted by atomic mass is 32.2. The van der Waals surface area contributed by atoms with Gasteiger partial charge in [-0.15, -0.1) is 0 Å². The zero-order chi connectivity index (χ0) is 17.4.